The minimum absolute atomic E-state index is 0.0730. The third-order valence-electron chi connectivity index (χ3n) is 4.62. The van der Waals surface area contributed by atoms with Crippen LogP contribution in [0.5, 0.6) is 23.0 Å². The van der Waals surface area contributed by atoms with Crippen LogP contribution < -0.4 is 18.9 Å². The second-order valence-corrected chi connectivity index (χ2v) is 7.28. The highest BCUT2D eigenvalue weighted by Crippen LogP contribution is 2.47. The van der Waals surface area contributed by atoms with Crippen LogP contribution in [0.15, 0.2) is 36.4 Å². The predicted octanol–water partition coefficient (Wildman–Crippen LogP) is 3.94. The van der Waals surface area contributed by atoms with Gasteiger partial charge in [0.2, 0.25) is 13.6 Å². The number of carbonyl (C=O) groups is 2. The van der Waals surface area contributed by atoms with Crippen molar-refractivity contribution in [2.24, 2.45) is 0 Å². The lowest BCUT2D eigenvalue weighted by molar-refractivity contribution is 0.0694. The Morgan fingerprint density at radius 2 is 1.10 bits per heavy atom. The van der Waals surface area contributed by atoms with Crippen molar-refractivity contribution >= 4 is 23.3 Å². The highest BCUT2D eigenvalue weighted by atomic mass is 32.1. The number of carboxylic acids is 2. The van der Waals surface area contributed by atoms with Crippen molar-refractivity contribution in [3.8, 4) is 45.3 Å². The first-order valence-electron chi connectivity index (χ1n) is 8.46. The van der Waals surface area contributed by atoms with E-state index in [9.17, 15) is 19.8 Å². The van der Waals surface area contributed by atoms with Crippen molar-refractivity contribution in [2.45, 2.75) is 0 Å². The van der Waals surface area contributed by atoms with Crippen molar-refractivity contribution in [3.05, 3.63) is 46.2 Å². The fourth-order valence-corrected chi connectivity index (χ4v) is 4.41. The Morgan fingerprint density at radius 3 is 1.52 bits per heavy atom. The van der Waals surface area contributed by atoms with Crippen LogP contribution in [0, 0.1) is 0 Å². The largest absolute Gasteiger partial charge is 0.477 e. The maximum absolute atomic E-state index is 12.0. The van der Waals surface area contributed by atoms with Crippen molar-refractivity contribution in [2.75, 3.05) is 13.6 Å². The van der Waals surface area contributed by atoms with E-state index in [1.807, 2.05) is 0 Å². The molecule has 0 saturated carbocycles. The van der Waals surface area contributed by atoms with Gasteiger partial charge in [-0.05, 0) is 35.4 Å². The zero-order valence-corrected chi connectivity index (χ0v) is 15.4. The molecule has 0 spiro atoms. The molecule has 0 unspecified atom stereocenters. The van der Waals surface area contributed by atoms with E-state index in [1.54, 1.807) is 36.4 Å². The highest BCUT2D eigenvalue weighted by Gasteiger charge is 2.30. The molecule has 146 valence electrons. The molecule has 2 aliphatic rings. The number of rotatable bonds is 4. The molecule has 29 heavy (non-hydrogen) atoms. The normalized spacial score (nSPS) is 13.5. The average Bonchev–Trinajstić information content (AvgIpc) is 3.43. The molecular formula is C20H12O8S. The molecule has 8 nitrogen and oxygen atoms in total. The molecule has 2 aliphatic heterocycles. The smallest absolute Gasteiger partial charge is 0.346 e. The summed E-state index contributed by atoms with van der Waals surface area (Å²) < 4.78 is 21.4. The Labute approximate surface area is 167 Å². The lowest BCUT2D eigenvalue weighted by Gasteiger charge is -2.10. The topological polar surface area (TPSA) is 112 Å². The molecular weight excluding hydrogens is 400 g/mol. The summed E-state index contributed by atoms with van der Waals surface area (Å²) in [5, 5.41) is 19.5. The lowest BCUT2D eigenvalue weighted by atomic mass is 9.94. The van der Waals surface area contributed by atoms with Gasteiger partial charge in [0.25, 0.3) is 0 Å². The first-order chi connectivity index (χ1) is 14.0. The molecule has 0 aliphatic carbocycles. The Balaban J connectivity index is 1.79. The summed E-state index contributed by atoms with van der Waals surface area (Å²) in [6.45, 7) is 0.146. The highest BCUT2D eigenvalue weighted by molar-refractivity contribution is 7.17. The summed E-state index contributed by atoms with van der Waals surface area (Å²) in [5.41, 5.74) is 1.64. The number of carboxylic acid groups (broad SMARTS) is 2. The van der Waals surface area contributed by atoms with Gasteiger partial charge < -0.3 is 29.2 Å². The Bertz CT molecular complexity index is 1090. The molecule has 0 radical (unpaired) electrons. The molecule has 3 heterocycles. The third-order valence-corrected chi connectivity index (χ3v) is 5.78. The number of benzene rings is 2. The molecule has 0 amide bonds. The van der Waals surface area contributed by atoms with Crippen molar-refractivity contribution in [3.63, 3.8) is 0 Å². The molecule has 3 aromatic rings. The maximum Gasteiger partial charge on any atom is 0.346 e. The van der Waals surface area contributed by atoms with E-state index in [0.717, 1.165) is 0 Å². The SMILES string of the molecule is O=C(O)c1sc(C(=O)O)c(-c2ccc3c(c2)OCO3)c1-c1ccc2c(c1)OCO2. The van der Waals surface area contributed by atoms with Gasteiger partial charge in [-0.15, -0.1) is 11.3 Å². The summed E-state index contributed by atoms with van der Waals surface area (Å²) in [6, 6.07) is 10.0. The minimum atomic E-state index is -1.21. The van der Waals surface area contributed by atoms with Crippen LogP contribution in [0.4, 0.5) is 0 Å². The number of thiophene rings is 1. The van der Waals surface area contributed by atoms with Gasteiger partial charge in [-0.1, -0.05) is 12.1 Å². The quantitative estimate of drug-likeness (QED) is 0.663. The monoisotopic (exact) mass is 412 g/mol. The minimum Gasteiger partial charge on any atom is -0.477 e. The lowest BCUT2D eigenvalue weighted by Crippen LogP contribution is -1.97. The van der Waals surface area contributed by atoms with Gasteiger partial charge in [0.15, 0.2) is 23.0 Å². The van der Waals surface area contributed by atoms with Gasteiger partial charge in [0.05, 0.1) is 0 Å². The van der Waals surface area contributed by atoms with Crippen molar-refractivity contribution in [1.29, 1.82) is 0 Å². The zero-order chi connectivity index (χ0) is 20.1. The van der Waals surface area contributed by atoms with E-state index in [1.165, 1.54) is 0 Å². The molecule has 2 N–H and O–H groups in total. The van der Waals surface area contributed by atoms with Gasteiger partial charge in [0, 0.05) is 11.1 Å². The second-order valence-electron chi connectivity index (χ2n) is 6.26. The first-order valence-corrected chi connectivity index (χ1v) is 9.28. The van der Waals surface area contributed by atoms with Gasteiger partial charge in [-0.3, -0.25) is 0 Å². The molecule has 0 bridgehead atoms. The number of aromatic carboxylic acids is 2. The molecule has 2 aromatic carbocycles. The molecule has 0 atom stereocenters. The number of fused-ring (bicyclic) bond motifs is 2. The molecule has 5 rings (SSSR count). The molecule has 0 saturated heterocycles. The predicted molar refractivity (Wildman–Crippen MR) is 101 cm³/mol. The summed E-state index contributed by atoms with van der Waals surface area (Å²) in [5.74, 6) is -0.390. The number of ether oxygens (including phenoxy) is 4. The Hall–Kier alpha value is -3.72. The van der Waals surface area contributed by atoms with Gasteiger partial charge >= 0.3 is 11.9 Å². The van der Waals surface area contributed by atoms with Crippen LogP contribution in [0.2, 0.25) is 0 Å². The van der Waals surface area contributed by atoms with Gasteiger partial charge in [0.1, 0.15) is 9.75 Å². The summed E-state index contributed by atoms with van der Waals surface area (Å²) in [6.07, 6.45) is 0. The van der Waals surface area contributed by atoms with E-state index >= 15 is 0 Å². The average molecular weight is 412 g/mol. The molecule has 1 aromatic heterocycles. The van der Waals surface area contributed by atoms with Crippen LogP contribution in [0.25, 0.3) is 22.3 Å². The van der Waals surface area contributed by atoms with Gasteiger partial charge in [-0.25, -0.2) is 9.59 Å². The van der Waals surface area contributed by atoms with E-state index in [0.29, 0.717) is 56.6 Å². The van der Waals surface area contributed by atoms with Crippen LogP contribution in [-0.2, 0) is 0 Å². The van der Waals surface area contributed by atoms with E-state index < -0.39 is 11.9 Å². The Kier molecular flexibility index (Phi) is 3.85. The van der Waals surface area contributed by atoms with Crippen LogP contribution in [0.1, 0.15) is 19.3 Å². The fraction of sp³-hybridized carbons (Fsp3) is 0.100. The van der Waals surface area contributed by atoms with E-state index in [2.05, 4.69) is 0 Å². The van der Waals surface area contributed by atoms with Gasteiger partial charge in [-0.2, -0.15) is 0 Å². The number of hydrogen-bond acceptors (Lipinski definition) is 7. The molecule has 9 heteroatoms. The van der Waals surface area contributed by atoms with Crippen molar-refractivity contribution in [1.82, 2.24) is 0 Å². The Morgan fingerprint density at radius 1 is 0.690 bits per heavy atom. The van der Waals surface area contributed by atoms with Crippen LogP contribution in [0.3, 0.4) is 0 Å². The summed E-state index contributed by atoms with van der Waals surface area (Å²) in [7, 11) is 0. The fourth-order valence-electron chi connectivity index (χ4n) is 3.39. The third kappa shape index (κ3) is 2.74. The van der Waals surface area contributed by atoms with E-state index in [-0.39, 0.29) is 23.3 Å². The summed E-state index contributed by atoms with van der Waals surface area (Å²) in [4.78, 5) is 23.8. The van der Waals surface area contributed by atoms with Crippen LogP contribution in [-0.4, -0.2) is 35.7 Å². The second kappa shape index (κ2) is 6.42. The maximum atomic E-state index is 12.0. The number of hydrogen-bond donors (Lipinski definition) is 2. The van der Waals surface area contributed by atoms with Crippen LogP contribution >= 0.6 is 11.3 Å². The first kappa shape index (κ1) is 17.4. The van der Waals surface area contributed by atoms with Crippen molar-refractivity contribution < 1.29 is 38.7 Å². The standard InChI is InChI=1S/C20H12O8S/c21-19(22)17-15(9-1-3-11-13(5-9)27-7-25-11)16(18(29-17)20(23)24)10-2-4-12-14(6-10)28-8-26-12/h1-6H,7-8H2,(H,21,22)(H,23,24). The summed E-state index contributed by atoms with van der Waals surface area (Å²) >= 11 is 0.715. The molecule has 0 fully saturated rings. The van der Waals surface area contributed by atoms with E-state index in [4.69, 9.17) is 18.9 Å². The zero-order valence-electron chi connectivity index (χ0n) is 14.6.